The van der Waals surface area contributed by atoms with Gasteiger partial charge in [0, 0.05) is 24.1 Å². The first-order valence-electron chi connectivity index (χ1n) is 7.22. The molecule has 0 aliphatic carbocycles. The lowest BCUT2D eigenvalue weighted by Gasteiger charge is -2.18. The minimum absolute atomic E-state index is 0.160. The van der Waals surface area contributed by atoms with Crippen LogP contribution in [-0.2, 0) is 19.6 Å². The van der Waals surface area contributed by atoms with Crippen LogP contribution in [0.15, 0.2) is 34.9 Å². The fraction of sp³-hybridized carbons (Fsp3) is 0.412. The molecule has 0 saturated heterocycles. The highest BCUT2D eigenvalue weighted by Crippen LogP contribution is 2.41. The second-order valence-electron chi connectivity index (χ2n) is 6.02. The molecule has 0 spiro atoms. The van der Waals surface area contributed by atoms with E-state index >= 15 is 0 Å². The Labute approximate surface area is 125 Å². The highest BCUT2D eigenvalue weighted by molar-refractivity contribution is 5.50. The molecule has 0 atom stereocenters. The van der Waals surface area contributed by atoms with Crippen molar-refractivity contribution < 1.29 is 13.9 Å². The summed E-state index contributed by atoms with van der Waals surface area (Å²) < 4.78 is 17.4. The molecular weight excluding hydrogens is 266 g/mol. The molecule has 2 heterocycles. The highest BCUT2D eigenvalue weighted by atomic mass is 16.5. The summed E-state index contributed by atoms with van der Waals surface area (Å²) in [7, 11) is 1.91. The van der Waals surface area contributed by atoms with Crippen LogP contribution in [-0.4, -0.2) is 12.6 Å². The van der Waals surface area contributed by atoms with E-state index in [0.717, 1.165) is 35.8 Å². The van der Waals surface area contributed by atoms with Crippen molar-refractivity contribution in [2.45, 2.75) is 39.0 Å². The third-order valence-corrected chi connectivity index (χ3v) is 3.51. The molecule has 112 valence electrons. The largest absolute Gasteiger partial charge is 0.483 e. The van der Waals surface area contributed by atoms with Crippen LogP contribution in [0.2, 0.25) is 0 Å². The van der Waals surface area contributed by atoms with Gasteiger partial charge in [0.25, 0.3) is 0 Å². The van der Waals surface area contributed by atoms with Crippen LogP contribution in [0.4, 0.5) is 0 Å². The molecule has 0 unspecified atom stereocenters. The van der Waals surface area contributed by atoms with Crippen LogP contribution in [0.25, 0.3) is 0 Å². The molecular formula is C17H21NO3. The van der Waals surface area contributed by atoms with Gasteiger partial charge in [-0.3, -0.25) is 0 Å². The molecule has 0 amide bonds. The summed E-state index contributed by atoms with van der Waals surface area (Å²) in [6.45, 7) is 5.38. The molecule has 3 rings (SSSR count). The predicted molar refractivity (Wildman–Crippen MR) is 80.7 cm³/mol. The maximum atomic E-state index is 5.99. The number of benzene rings is 1. The fourth-order valence-electron chi connectivity index (χ4n) is 2.65. The predicted octanol–water partition coefficient (Wildman–Crippen LogP) is 3.29. The van der Waals surface area contributed by atoms with E-state index in [2.05, 4.69) is 25.2 Å². The number of rotatable bonds is 5. The minimum atomic E-state index is -0.160. The van der Waals surface area contributed by atoms with Gasteiger partial charge in [-0.15, -0.1) is 0 Å². The van der Waals surface area contributed by atoms with Crippen molar-refractivity contribution >= 4 is 0 Å². The Morgan fingerprint density at radius 2 is 2.19 bits per heavy atom. The highest BCUT2D eigenvalue weighted by Gasteiger charge is 2.32. The molecule has 2 aromatic rings. The van der Waals surface area contributed by atoms with Crippen LogP contribution in [0, 0.1) is 0 Å². The van der Waals surface area contributed by atoms with Gasteiger partial charge in [0.2, 0.25) is 0 Å². The van der Waals surface area contributed by atoms with Crippen molar-refractivity contribution in [3.63, 3.8) is 0 Å². The summed E-state index contributed by atoms with van der Waals surface area (Å²) in [6, 6.07) is 8.05. The van der Waals surface area contributed by atoms with Crippen LogP contribution in [0.1, 0.15) is 30.7 Å². The molecule has 0 radical (unpaired) electrons. The first-order chi connectivity index (χ1) is 10.1. The van der Waals surface area contributed by atoms with Gasteiger partial charge in [-0.1, -0.05) is 12.1 Å². The lowest BCUT2D eigenvalue weighted by molar-refractivity contribution is 0.130. The molecule has 1 aromatic heterocycles. The normalized spacial score (nSPS) is 15.6. The third kappa shape index (κ3) is 3.05. The summed E-state index contributed by atoms with van der Waals surface area (Å²) in [6.07, 6.45) is 2.66. The molecule has 4 heteroatoms. The quantitative estimate of drug-likeness (QED) is 0.916. The Kier molecular flexibility index (Phi) is 3.64. The Balaban J connectivity index is 1.70. The topological polar surface area (TPSA) is 43.6 Å². The van der Waals surface area contributed by atoms with Gasteiger partial charge in [0.1, 0.15) is 18.0 Å². The SMILES string of the molecule is CNCc1coc(COc2cccc3c2OC(C)(C)C3)c1. The molecule has 1 aromatic carbocycles. The number of hydrogen-bond donors (Lipinski definition) is 1. The number of hydrogen-bond acceptors (Lipinski definition) is 4. The third-order valence-electron chi connectivity index (χ3n) is 3.51. The van der Waals surface area contributed by atoms with E-state index in [4.69, 9.17) is 13.9 Å². The lowest BCUT2D eigenvalue weighted by atomic mass is 10.0. The zero-order chi connectivity index (χ0) is 14.9. The van der Waals surface area contributed by atoms with Crippen molar-refractivity contribution in [3.8, 4) is 11.5 Å². The number of para-hydroxylation sites is 1. The van der Waals surface area contributed by atoms with Gasteiger partial charge in [0.15, 0.2) is 11.5 Å². The van der Waals surface area contributed by atoms with E-state index in [1.165, 1.54) is 5.56 Å². The second kappa shape index (κ2) is 5.45. The molecule has 0 saturated carbocycles. The lowest BCUT2D eigenvalue weighted by Crippen LogP contribution is -2.24. The van der Waals surface area contributed by atoms with Gasteiger partial charge in [0.05, 0.1) is 6.26 Å². The van der Waals surface area contributed by atoms with E-state index in [1.807, 2.05) is 25.2 Å². The average molecular weight is 287 g/mol. The Hall–Kier alpha value is -1.94. The molecule has 1 aliphatic heterocycles. The van der Waals surface area contributed by atoms with Gasteiger partial charge >= 0.3 is 0 Å². The number of furan rings is 1. The van der Waals surface area contributed by atoms with E-state index < -0.39 is 0 Å². The standard InChI is InChI=1S/C17H21NO3/c1-17(2)8-13-5-4-6-15(16(13)21-17)20-11-14-7-12(9-18-3)10-19-14/h4-7,10,18H,8-9,11H2,1-3H3. The second-order valence-corrected chi connectivity index (χ2v) is 6.02. The van der Waals surface area contributed by atoms with Crippen LogP contribution >= 0.6 is 0 Å². The summed E-state index contributed by atoms with van der Waals surface area (Å²) >= 11 is 0. The van der Waals surface area contributed by atoms with Crippen LogP contribution < -0.4 is 14.8 Å². The molecule has 0 bridgehead atoms. The van der Waals surface area contributed by atoms with Crippen molar-refractivity contribution in [3.05, 3.63) is 47.4 Å². The fourth-order valence-corrected chi connectivity index (χ4v) is 2.65. The van der Waals surface area contributed by atoms with Crippen LogP contribution in [0.3, 0.4) is 0 Å². The summed E-state index contributed by atoms with van der Waals surface area (Å²) in [5.41, 5.74) is 2.16. The van der Waals surface area contributed by atoms with E-state index in [1.54, 1.807) is 6.26 Å². The Morgan fingerprint density at radius 3 is 3.00 bits per heavy atom. The van der Waals surface area contributed by atoms with E-state index in [9.17, 15) is 0 Å². The van der Waals surface area contributed by atoms with Gasteiger partial charge in [-0.05, 0) is 33.0 Å². The number of ether oxygens (including phenoxy) is 2. The monoisotopic (exact) mass is 287 g/mol. The first kappa shape index (κ1) is 14.0. The number of fused-ring (bicyclic) bond motifs is 1. The summed E-state index contributed by atoms with van der Waals surface area (Å²) in [5.74, 6) is 2.46. The first-order valence-corrected chi connectivity index (χ1v) is 7.22. The molecule has 1 aliphatic rings. The average Bonchev–Trinajstić information content (AvgIpc) is 2.99. The smallest absolute Gasteiger partial charge is 0.165 e. The maximum absolute atomic E-state index is 5.99. The molecule has 1 N–H and O–H groups in total. The zero-order valence-electron chi connectivity index (χ0n) is 12.7. The van der Waals surface area contributed by atoms with Crippen LogP contribution in [0.5, 0.6) is 11.5 Å². The van der Waals surface area contributed by atoms with E-state index in [0.29, 0.717) is 6.61 Å². The molecule has 21 heavy (non-hydrogen) atoms. The van der Waals surface area contributed by atoms with Crippen molar-refractivity contribution in [1.29, 1.82) is 0 Å². The zero-order valence-corrected chi connectivity index (χ0v) is 12.7. The van der Waals surface area contributed by atoms with Crippen molar-refractivity contribution in [2.75, 3.05) is 7.05 Å². The number of nitrogens with one attached hydrogen (secondary N) is 1. The maximum Gasteiger partial charge on any atom is 0.165 e. The van der Waals surface area contributed by atoms with Gasteiger partial charge in [-0.25, -0.2) is 0 Å². The summed E-state index contributed by atoms with van der Waals surface area (Å²) in [5, 5.41) is 3.09. The van der Waals surface area contributed by atoms with Gasteiger partial charge in [-0.2, -0.15) is 0 Å². The Bertz CT molecular complexity index is 631. The Morgan fingerprint density at radius 1 is 1.33 bits per heavy atom. The van der Waals surface area contributed by atoms with Crippen molar-refractivity contribution in [1.82, 2.24) is 5.32 Å². The van der Waals surface area contributed by atoms with E-state index in [-0.39, 0.29) is 5.60 Å². The summed E-state index contributed by atoms with van der Waals surface area (Å²) in [4.78, 5) is 0. The molecule has 0 fully saturated rings. The van der Waals surface area contributed by atoms with Gasteiger partial charge < -0.3 is 19.2 Å². The minimum Gasteiger partial charge on any atom is -0.483 e. The molecule has 4 nitrogen and oxygen atoms in total. The van der Waals surface area contributed by atoms with Crippen molar-refractivity contribution in [2.24, 2.45) is 0 Å².